The van der Waals surface area contributed by atoms with E-state index in [1.165, 1.54) is 0 Å². The molecule has 130 valence electrons. The zero-order valence-corrected chi connectivity index (χ0v) is 15.2. The summed E-state index contributed by atoms with van der Waals surface area (Å²) in [6.45, 7) is 3.48. The Morgan fingerprint density at radius 1 is 1.08 bits per heavy atom. The Hall–Kier alpha value is -2.26. The second-order valence-electron chi connectivity index (χ2n) is 6.42. The number of amides is 1. The highest BCUT2D eigenvalue weighted by Crippen LogP contribution is 2.24. The standard InChI is InChI=1S/C21H23ClN2O/c1-16(19-9-5-6-10-20(19)22)15-21(25)24-13-11-18(12-14-24)23-17-7-3-2-4-8-17/h2-10,15,18,23H,11-14H2,1H3/b16-15-. The molecule has 1 amide bonds. The van der Waals surface area contributed by atoms with E-state index in [-0.39, 0.29) is 5.91 Å². The van der Waals surface area contributed by atoms with Gasteiger partial charge in [-0.05, 0) is 49.1 Å². The third-order valence-corrected chi connectivity index (χ3v) is 4.92. The van der Waals surface area contributed by atoms with Crippen LogP contribution in [0.25, 0.3) is 5.57 Å². The quantitative estimate of drug-likeness (QED) is 0.796. The third-order valence-electron chi connectivity index (χ3n) is 4.59. The van der Waals surface area contributed by atoms with Gasteiger partial charge in [-0.25, -0.2) is 0 Å². The van der Waals surface area contributed by atoms with Crippen molar-refractivity contribution in [3.63, 3.8) is 0 Å². The number of piperidine rings is 1. The molecule has 1 N–H and O–H groups in total. The predicted molar refractivity (Wildman–Crippen MR) is 105 cm³/mol. The zero-order chi connectivity index (χ0) is 17.6. The highest BCUT2D eigenvalue weighted by molar-refractivity contribution is 6.32. The first-order chi connectivity index (χ1) is 12.1. The van der Waals surface area contributed by atoms with E-state index in [2.05, 4.69) is 17.4 Å². The van der Waals surface area contributed by atoms with Gasteiger partial charge in [-0.2, -0.15) is 0 Å². The number of para-hydroxylation sites is 1. The van der Waals surface area contributed by atoms with Crippen LogP contribution in [0.4, 0.5) is 5.69 Å². The molecular weight excluding hydrogens is 332 g/mol. The van der Waals surface area contributed by atoms with Gasteiger partial charge in [-0.3, -0.25) is 4.79 Å². The van der Waals surface area contributed by atoms with E-state index in [1.54, 1.807) is 6.08 Å². The summed E-state index contributed by atoms with van der Waals surface area (Å²) in [5.74, 6) is 0.0654. The number of halogens is 1. The van der Waals surface area contributed by atoms with Crippen molar-refractivity contribution in [2.75, 3.05) is 18.4 Å². The maximum Gasteiger partial charge on any atom is 0.246 e. The summed E-state index contributed by atoms with van der Waals surface area (Å²) < 4.78 is 0. The molecule has 1 heterocycles. The molecule has 0 unspecified atom stereocenters. The lowest BCUT2D eigenvalue weighted by Gasteiger charge is -2.32. The maximum atomic E-state index is 12.5. The van der Waals surface area contributed by atoms with E-state index in [9.17, 15) is 4.79 Å². The molecule has 0 spiro atoms. The minimum absolute atomic E-state index is 0.0654. The molecule has 0 aromatic heterocycles. The lowest BCUT2D eigenvalue weighted by atomic mass is 10.0. The molecule has 3 nitrogen and oxygen atoms in total. The van der Waals surface area contributed by atoms with Crippen LogP contribution in [0.5, 0.6) is 0 Å². The third kappa shape index (κ3) is 4.64. The molecule has 0 saturated carbocycles. The van der Waals surface area contributed by atoms with Crippen LogP contribution in [0.2, 0.25) is 5.02 Å². The SMILES string of the molecule is C/C(=C/C(=O)N1CCC(Nc2ccccc2)CC1)c1ccccc1Cl. The highest BCUT2D eigenvalue weighted by atomic mass is 35.5. The molecule has 0 radical (unpaired) electrons. The second kappa shape index (κ2) is 8.21. The number of anilines is 1. The largest absolute Gasteiger partial charge is 0.382 e. The van der Waals surface area contributed by atoms with Crippen molar-refractivity contribution in [1.29, 1.82) is 0 Å². The van der Waals surface area contributed by atoms with Gasteiger partial charge in [0, 0.05) is 35.9 Å². The number of nitrogens with one attached hydrogen (secondary N) is 1. The summed E-state index contributed by atoms with van der Waals surface area (Å²) in [4.78, 5) is 14.5. The van der Waals surface area contributed by atoms with Crippen molar-refractivity contribution < 1.29 is 4.79 Å². The zero-order valence-electron chi connectivity index (χ0n) is 14.4. The van der Waals surface area contributed by atoms with Crippen molar-refractivity contribution in [2.45, 2.75) is 25.8 Å². The van der Waals surface area contributed by atoms with E-state index in [4.69, 9.17) is 11.6 Å². The molecule has 3 rings (SSSR count). The van der Waals surface area contributed by atoms with Gasteiger partial charge >= 0.3 is 0 Å². The van der Waals surface area contributed by atoms with Gasteiger partial charge in [0.25, 0.3) is 0 Å². The van der Waals surface area contributed by atoms with Crippen LogP contribution < -0.4 is 5.32 Å². The number of carbonyl (C=O) groups excluding carboxylic acids is 1. The van der Waals surface area contributed by atoms with Crippen molar-refractivity contribution >= 4 is 28.8 Å². The number of rotatable bonds is 4. The summed E-state index contributed by atoms with van der Waals surface area (Å²) in [5.41, 5.74) is 2.96. The minimum atomic E-state index is 0.0654. The Balaban J connectivity index is 1.56. The van der Waals surface area contributed by atoms with Gasteiger partial charge in [0.2, 0.25) is 5.91 Å². The molecule has 0 bridgehead atoms. The van der Waals surface area contributed by atoms with E-state index in [1.807, 2.05) is 54.3 Å². The van der Waals surface area contributed by atoms with Crippen LogP contribution in [0, 0.1) is 0 Å². The number of nitrogens with zero attached hydrogens (tertiary/aromatic N) is 1. The average molecular weight is 355 g/mol. The number of hydrogen-bond donors (Lipinski definition) is 1. The van der Waals surface area contributed by atoms with E-state index < -0.39 is 0 Å². The Morgan fingerprint density at radius 3 is 2.40 bits per heavy atom. The molecular formula is C21H23ClN2O. The minimum Gasteiger partial charge on any atom is -0.382 e. The summed E-state index contributed by atoms with van der Waals surface area (Å²) in [5, 5.41) is 4.22. The number of hydrogen-bond acceptors (Lipinski definition) is 2. The summed E-state index contributed by atoms with van der Waals surface area (Å²) in [7, 11) is 0. The molecule has 4 heteroatoms. The molecule has 25 heavy (non-hydrogen) atoms. The molecule has 1 saturated heterocycles. The Kier molecular flexibility index (Phi) is 5.77. The number of carbonyl (C=O) groups is 1. The van der Waals surface area contributed by atoms with Crippen molar-refractivity contribution in [2.24, 2.45) is 0 Å². The van der Waals surface area contributed by atoms with Gasteiger partial charge in [0.15, 0.2) is 0 Å². The predicted octanol–water partition coefficient (Wildman–Crippen LogP) is 4.85. The van der Waals surface area contributed by atoms with Gasteiger partial charge in [0.1, 0.15) is 0 Å². The molecule has 2 aromatic carbocycles. The normalized spacial score (nSPS) is 15.9. The van der Waals surface area contributed by atoms with Gasteiger partial charge < -0.3 is 10.2 Å². The molecule has 1 fully saturated rings. The molecule has 0 atom stereocenters. The maximum absolute atomic E-state index is 12.5. The summed E-state index contributed by atoms with van der Waals surface area (Å²) >= 11 is 6.21. The van der Waals surface area contributed by atoms with Gasteiger partial charge in [-0.1, -0.05) is 48.0 Å². The average Bonchev–Trinajstić information content (AvgIpc) is 2.63. The van der Waals surface area contributed by atoms with Crippen molar-refractivity contribution in [3.05, 3.63) is 71.3 Å². The Labute approximate surface area is 154 Å². The fourth-order valence-electron chi connectivity index (χ4n) is 3.15. The van der Waals surface area contributed by atoms with Crippen molar-refractivity contribution in [1.82, 2.24) is 4.90 Å². The number of likely N-dealkylation sites (tertiary alicyclic amines) is 1. The topological polar surface area (TPSA) is 32.3 Å². The fourth-order valence-corrected chi connectivity index (χ4v) is 3.43. The Bertz CT molecular complexity index is 750. The smallest absolute Gasteiger partial charge is 0.246 e. The molecule has 1 aliphatic heterocycles. The first kappa shape index (κ1) is 17.6. The van der Waals surface area contributed by atoms with E-state index in [0.717, 1.165) is 42.8 Å². The van der Waals surface area contributed by atoms with Crippen molar-refractivity contribution in [3.8, 4) is 0 Å². The molecule has 1 aliphatic rings. The monoisotopic (exact) mass is 354 g/mol. The summed E-state index contributed by atoms with van der Waals surface area (Å²) in [6, 6.07) is 18.3. The van der Waals surface area contributed by atoms with E-state index in [0.29, 0.717) is 11.1 Å². The lowest BCUT2D eigenvalue weighted by Crippen LogP contribution is -2.41. The summed E-state index contributed by atoms with van der Waals surface area (Å²) in [6.07, 6.45) is 3.62. The fraction of sp³-hybridized carbons (Fsp3) is 0.286. The van der Waals surface area contributed by atoms with Crippen LogP contribution >= 0.6 is 11.6 Å². The van der Waals surface area contributed by atoms with Crippen LogP contribution in [0.3, 0.4) is 0 Å². The van der Waals surface area contributed by atoms with Crippen LogP contribution in [0.15, 0.2) is 60.7 Å². The van der Waals surface area contributed by atoms with Gasteiger partial charge in [-0.15, -0.1) is 0 Å². The number of benzene rings is 2. The number of allylic oxidation sites excluding steroid dienone is 1. The van der Waals surface area contributed by atoms with Crippen LogP contribution in [-0.2, 0) is 4.79 Å². The second-order valence-corrected chi connectivity index (χ2v) is 6.82. The lowest BCUT2D eigenvalue weighted by molar-refractivity contribution is -0.126. The van der Waals surface area contributed by atoms with E-state index >= 15 is 0 Å². The van der Waals surface area contributed by atoms with Crippen LogP contribution in [-0.4, -0.2) is 29.9 Å². The first-order valence-electron chi connectivity index (χ1n) is 8.67. The first-order valence-corrected chi connectivity index (χ1v) is 9.05. The highest BCUT2D eigenvalue weighted by Gasteiger charge is 2.21. The Morgan fingerprint density at radius 2 is 1.72 bits per heavy atom. The molecule has 0 aliphatic carbocycles. The van der Waals surface area contributed by atoms with Crippen LogP contribution in [0.1, 0.15) is 25.3 Å². The molecule has 2 aromatic rings. The van der Waals surface area contributed by atoms with Gasteiger partial charge in [0.05, 0.1) is 0 Å².